The monoisotopic (exact) mass is 188 g/mol. The largest absolute Gasteiger partial charge is 0.394 e. The van der Waals surface area contributed by atoms with Gasteiger partial charge in [-0.15, -0.1) is 0 Å². The van der Waals surface area contributed by atoms with Crippen LogP contribution in [0.15, 0.2) is 0 Å². The number of rotatable bonds is 3. The molecule has 2 fully saturated rings. The molecule has 0 saturated carbocycles. The molecule has 0 aliphatic carbocycles. The first-order valence-electron chi connectivity index (χ1n) is 4.88. The van der Waals surface area contributed by atoms with Gasteiger partial charge in [0.05, 0.1) is 19.3 Å². The van der Waals surface area contributed by atoms with E-state index in [4.69, 9.17) is 19.3 Å². The molecule has 0 spiro atoms. The van der Waals surface area contributed by atoms with Gasteiger partial charge in [0, 0.05) is 13.0 Å². The average molecular weight is 188 g/mol. The molecular formula is C9H16O4. The lowest BCUT2D eigenvalue weighted by atomic mass is 10.2. The van der Waals surface area contributed by atoms with E-state index in [1.807, 2.05) is 0 Å². The van der Waals surface area contributed by atoms with E-state index in [1.54, 1.807) is 0 Å². The molecule has 3 unspecified atom stereocenters. The predicted octanol–water partition coefficient (Wildman–Crippen LogP) is 0.289. The third-order valence-corrected chi connectivity index (χ3v) is 2.50. The Balaban J connectivity index is 1.70. The van der Waals surface area contributed by atoms with E-state index < -0.39 is 0 Å². The maximum Gasteiger partial charge on any atom is 0.160 e. The lowest BCUT2D eigenvalue weighted by Gasteiger charge is -2.14. The van der Waals surface area contributed by atoms with Gasteiger partial charge in [0.2, 0.25) is 0 Å². The third-order valence-electron chi connectivity index (χ3n) is 2.50. The molecule has 3 atom stereocenters. The van der Waals surface area contributed by atoms with Crippen molar-refractivity contribution in [2.24, 2.45) is 0 Å². The van der Waals surface area contributed by atoms with Crippen LogP contribution in [0.25, 0.3) is 0 Å². The van der Waals surface area contributed by atoms with Crippen molar-refractivity contribution in [1.82, 2.24) is 0 Å². The van der Waals surface area contributed by atoms with Crippen molar-refractivity contribution >= 4 is 0 Å². The molecule has 13 heavy (non-hydrogen) atoms. The lowest BCUT2D eigenvalue weighted by molar-refractivity contribution is -0.0908. The molecule has 2 aliphatic rings. The van der Waals surface area contributed by atoms with Crippen molar-refractivity contribution in [2.45, 2.75) is 37.8 Å². The van der Waals surface area contributed by atoms with Gasteiger partial charge < -0.3 is 19.3 Å². The summed E-state index contributed by atoms with van der Waals surface area (Å²) in [4.78, 5) is 0. The van der Waals surface area contributed by atoms with Crippen molar-refractivity contribution in [1.29, 1.82) is 0 Å². The fourth-order valence-electron chi connectivity index (χ4n) is 1.77. The summed E-state index contributed by atoms with van der Waals surface area (Å²) in [6, 6.07) is 0. The van der Waals surface area contributed by atoms with Crippen molar-refractivity contribution in [2.75, 3.05) is 19.8 Å². The normalized spacial score (nSPS) is 39.9. The van der Waals surface area contributed by atoms with Crippen LogP contribution >= 0.6 is 0 Å². The summed E-state index contributed by atoms with van der Waals surface area (Å²) < 4.78 is 16.2. The van der Waals surface area contributed by atoms with Gasteiger partial charge in [-0.2, -0.15) is 0 Å². The van der Waals surface area contributed by atoms with Crippen LogP contribution in [-0.4, -0.2) is 43.4 Å². The molecule has 4 heteroatoms. The minimum absolute atomic E-state index is 0.0437. The van der Waals surface area contributed by atoms with Crippen LogP contribution < -0.4 is 0 Å². The Hall–Kier alpha value is -0.160. The summed E-state index contributed by atoms with van der Waals surface area (Å²) in [5.74, 6) is 0. The van der Waals surface area contributed by atoms with E-state index in [2.05, 4.69) is 0 Å². The Kier molecular flexibility index (Phi) is 3.16. The maximum absolute atomic E-state index is 8.81. The minimum atomic E-state index is -0.166. The second kappa shape index (κ2) is 4.37. The molecule has 0 aromatic heterocycles. The zero-order valence-electron chi connectivity index (χ0n) is 7.65. The molecule has 76 valence electrons. The highest BCUT2D eigenvalue weighted by Crippen LogP contribution is 2.22. The lowest BCUT2D eigenvalue weighted by Crippen LogP contribution is -2.20. The average Bonchev–Trinajstić information content (AvgIpc) is 2.76. The first-order valence-corrected chi connectivity index (χ1v) is 4.88. The summed E-state index contributed by atoms with van der Waals surface area (Å²) in [6.07, 6.45) is 3.04. The minimum Gasteiger partial charge on any atom is -0.394 e. The van der Waals surface area contributed by atoms with Crippen LogP contribution in [0.1, 0.15) is 19.3 Å². The Bertz CT molecular complexity index is 156. The molecule has 2 saturated heterocycles. The second-order valence-corrected chi connectivity index (χ2v) is 3.57. The first kappa shape index (κ1) is 9.40. The number of hydrogen-bond donors (Lipinski definition) is 1. The van der Waals surface area contributed by atoms with E-state index in [0.29, 0.717) is 12.7 Å². The van der Waals surface area contributed by atoms with E-state index in [9.17, 15) is 0 Å². The van der Waals surface area contributed by atoms with Crippen molar-refractivity contribution in [3.05, 3.63) is 0 Å². The standard InChI is InChI=1S/C9H16O4/c10-5-8-6-12-9(13-8)4-7-2-1-3-11-7/h7-10H,1-6H2. The molecule has 0 aromatic carbocycles. The molecule has 2 rings (SSSR count). The first-order chi connectivity index (χ1) is 6.38. The van der Waals surface area contributed by atoms with Gasteiger partial charge in [-0.1, -0.05) is 0 Å². The Labute approximate surface area is 77.8 Å². The fourth-order valence-corrected chi connectivity index (χ4v) is 1.77. The van der Waals surface area contributed by atoms with E-state index >= 15 is 0 Å². The maximum atomic E-state index is 8.81. The van der Waals surface area contributed by atoms with Crippen LogP contribution in [-0.2, 0) is 14.2 Å². The van der Waals surface area contributed by atoms with Gasteiger partial charge >= 0.3 is 0 Å². The quantitative estimate of drug-likeness (QED) is 0.691. The number of ether oxygens (including phenoxy) is 3. The molecule has 2 aliphatic heterocycles. The second-order valence-electron chi connectivity index (χ2n) is 3.57. The van der Waals surface area contributed by atoms with Crippen LogP contribution in [0, 0.1) is 0 Å². The van der Waals surface area contributed by atoms with Gasteiger partial charge in [0.1, 0.15) is 6.10 Å². The smallest absolute Gasteiger partial charge is 0.160 e. The highest BCUT2D eigenvalue weighted by Gasteiger charge is 2.29. The highest BCUT2D eigenvalue weighted by atomic mass is 16.7. The zero-order valence-corrected chi connectivity index (χ0v) is 7.65. The Morgan fingerprint density at radius 1 is 1.23 bits per heavy atom. The van der Waals surface area contributed by atoms with Crippen molar-refractivity contribution < 1.29 is 19.3 Å². The van der Waals surface area contributed by atoms with Crippen molar-refractivity contribution in [3.63, 3.8) is 0 Å². The van der Waals surface area contributed by atoms with Crippen LogP contribution in [0.3, 0.4) is 0 Å². The van der Waals surface area contributed by atoms with Gasteiger partial charge in [-0.3, -0.25) is 0 Å². The Morgan fingerprint density at radius 3 is 2.77 bits per heavy atom. The zero-order chi connectivity index (χ0) is 9.10. The summed E-state index contributed by atoms with van der Waals surface area (Å²) in [6.45, 7) is 1.41. The van der Waals surface area contributed by atoms with Gasteiger partial charge in [-0.05, 0) is 12.8 Å². The molecule has 0 bridgehead atoms. The van der Waals surface area contributed by atoms with Gasteiger partial charge in [0.15, 0.2) is 6.29 Å². The molecule has 4 nitrogen and oxygen atoms in total. The third kappa shape index (κ3) is 2.40. The van der Waals surface area contributed by atoms with Crippen LogP contribution in [0.4, 0.5) is 0 Å². The summed E-state index contributed by atoms with van der Waals surface area (Å²) >= 11 is 0. The number of aliphatic hydroxyl groups is 1. The molecule has 0 aromatic rings. The van der Waals surface area contributed by atoms with E-state index in [0.717, 1.165) is 25.9 Å². The summed E-state index contributed by atoms with van der Waals surface area (Å²) in [5, 5.41) is 8.81. The van der Waals surface area contributed by atoms with Crippen LogP contribution in [0.5, 0.6) is 0 Å². The highest BCUT2D eigenvalue weighted by molar-refractivity contribution is 4.71. The summed E-state index contributed by atoms with van der Waals surface area (Å²) in [7, 11) is 0. The number of aliphatic hydroxyl groups excluding tert-OH is 1. The van der Waals surface area contributed by atoms with Gasteiger partial charge in [0.25, 0.3) is 0 Å². The van der Waals surface area contributed by atoms with Crippen LogP contribution in [0.2, 0.25) is 0 Å². The van der Waals surface area contributed by atoms with Crippen molar-refractivity contribution in [3.8, 4) is 0 Å². The van der Waals surface area contributed by atoms with Gasteiger partial charge in [-0.25, -0.2) is 0 Å². The SMILES string of the molecule is OCC1COC(CC2CCCO2)O1. The molecule has 0 amide bonds. The van der Waals surface area contributed by atoms with E-state index in [-0.39, 0.29) is 19.0 Å². The Morgan fingerprint density at radius 2 is 2.15 bits per heavy atom. The molecular weight excluding hydrogens is 172 g/mol. The van der Waals surface area contributed by atoms with E-state index in [1.165, 1.54) is 0 Å². The summed E-state index contributed by atoms with van der Waals surface area (Å²) in [5.41, 5.74) is 0. The molecule has 0 radical (unpaired) electrons. The molecule has 2 heterocycles. The fraction of sp³-hybridized carbons (Fsp3) is 1.00. The topological polar surface area (TPSA) is 47.9 Å². The number of hydrogen-bond acceptors (Lipinski definition) is 4. The molecule has 1 N–H and O–H groups in total. The predicted molar refractivity (Wildman–Crippen MR) is 45.3 cm³/mol.